The molecule has 1 aromatic rings. The van der Waals surface area contributed by atoms with Gasteiger partial charge in [-0.05, 0) is 33.3 Å². The van der Waals surface area contributed by atoms with Gasteiger partial charge in [-0.2, -0.15) is 5.10 Å². The van der Waals surface area contributed by atoms with Crippen LogP contribution in [0.25, 0.3) is 0 Å². The van der Waals surface area contributed by atoms with Gasteiger partial charge in [0, 0.05) is 23.7 Å². The highest BCUT2D eigenvalue weighted by Crippen LogP contribution is 2.21. The molecular weight excluding hydrogens is 232 g/mol. The second kappa shape index (κ2) is 5.12. The van der Waals surface area contributed by atoms with Gasteiger partial charge in [-0.1, -0.05) is 11.8 Å². The van der Waals surface area contributed by atoms with Gasteiger partial charge in [0.25, 0.3) is 0 Å². The zero-order valence-corrected chi connectivity index (χ0v) is 11.5. The van der Waals surface area contributed by atoms with Gasteiger partial charge < -0.3 is 5.32 Å². The third-order valence-electron chi connectivity index (χ3n) is 2.76. The summed E-state index contributed by atoms with van der Waals surface area (Å²) in [6.45, 7) is 7.40. The normalized spacial score (nSPS) is 23.4. The number of rotatable bonds is 3. The fourth-order valence-electron chi connectivity index (χ4n) is 1.78. The topological polar surface area (TPSA) is 42.2 Å². The van der Waals surface area contributed by atoms with Crippen LogP contribution >= 0.6 is 11.8 Å². The van der Waals surface area contributed by atoms with E-state index >= 15 is 0 Å². The molecule has 17 heavy (non-hydrogen) atoms. The van der Waals surface area contributed by atoms with E-state index in [1.54, 1.807) is 6.20 Å². The molecule has 94 valence electrons. The van der Waals surface area contributed by atoms with Gasteiger partial charge >= 0.3 is 0 Å². The minimum atomic E-state index is 0.176. The molecule has 1 atom stereocenters. The lowest BCUT2D eigenvalue weighted by Gasteiger charge is -2.32. The number of nitrogens with one attached hydrogen (secondary N) is 1. The maximum atomic E-state index is 4.71. The van der Waals surface area contributed by atoms with Gasteiger partial charge in [-0.3, -0.25) is 9.67 Å². The lowest BCUT2D eigenvalue weighted by Crippen LogP contribution is -2.46. The molecule has 1 aliphatic heterocycles. The van der Waals surface area contributed by atoms with Crippen LogP contribution < -0.4 is 5.32 Å². The third kappa shape index (κ3) is 3.77. The Morgan fingerprint density at radius 1 is 1.65 bits per heavy atom. The highest BCUT2D eigenvalue weighted by atomic mass is 32.2. The fraction of sp³-hybridized carbons (Fsp3) is 0.667. The van der Waals surface area contributed by atoms with Crippen LogP contribution in [0.15, 0.2) is 23.5 Å². The van der Waals surface area contributed by atoms with Gasteiger partial charge in [0.1, 0.15) is 0 Å². The largest absolute Gasteiger partial charge is 0.360 e. The number of hydrogen-bond acceptors (Lipinski definition) is 3. The van der Waals surface area contributed by atoms with Crippen LogP contribution in [0.2, 0.25) is 0 Å². The van der Waals surface area contributed by atoms with E-state index in [1.807, 2.05) is 28.7 Å². The van der Waals surface area contributed by atoms with Crippen LogP contribution in [-0.2, 0) is 6.54 Å². The average molecular weight is 252 g/mol. The Balaban J connectivity index is 1.94. The molecule has 1 saturated heterocycles. The second-order valence-electron chi connectivity index (χ2n) is 5.12. The lowest BCUT2D eigenvalue weighted by molar-refractivity contribution is 0.443. The summed E-state index contributed by atoms with van der Waals surface area (Å²) in [5, 5.41) is 8.75. The standard InChI is InChI=1S/C12H20N4S/c1-10(9-16-7-4-6-13-16)14-11-15-12(2,3)5-8-17-11/h4,6-7,10H,5,8-9H2,1-3H3,(H,14,15). The maximum absolute atomic E-state index is 4.71. The molecule has 0 radical (unpaired) electrons. The number of amidine groups is 1. The minimum absolute atomic E-state index is 0.176. The van der Waals surface area contributed by atoms with E-state index in [2.05, 4.69) is 31.2 Å². The van der Waals surface area contributed by atoms with Crippen molar-refractivity contribution in [3.63, 3.8) is 0 Å². The monoisotopic (exact) mass is 252 g/mol. The van der Waals surface area contributed by atoms with E-state index in [4.69, 9.17) is 4.99 Å². The zero-order valence-electron chi connectivity index (χ0n) is 10.7. The van der Waals surface area contributed by atoms with Crippen LogP contribution in [0.1, 0.15) is 27.2 Å². The van der Waals surface area contributed by atoms with Crippen molar-refractivity contribution in [2.75, 3.05) is 5.75 Å². The molecule has 0 amide bonds. The highest BCUT2D eigenvalue weighted by Gasteiger charge is 2.24. The van der Waals surface area contributed by atoms with Crippen molar-refractivity contribution >= 4 is 16.9 Å². The van der Waals surface area contributed by atoms with Crippen LogP contribution in [0.3, 0.4) is 0 Å². The van der Waals surface area contributed by atoms with Crippen molar-refractivity contribution in [2.45, 2.75) is 45.3 Å². The smallest absolute Gasteiger partial charge is 0.157 e. The SMILES string of the molecule is CC(Cn1cccn1)N=C1NC(C)(C)CCS1. The number of nitrogens with zero attached hydrogens (tertiary/aromatic N) is 3. The Labute approximate surface area is 107 Å². The Kier molecular flexibility index (Phi) is 3.76. The van der Waals surface area contributed by atoms with Gasteiger partial charge in [-0.15, -0.1) is 0 Å². The molecular formula is C12H20N4S. The van der Waals surface area contributed by atoms with E-state index < -0.39 is 0 Å². The van der Waals surface area contributed by atoms with Crippen LogP contribution in [0.4, 0.5) is 0 Å². The summed E-state index contributed by atoms with van der Waals surface area (Å²) in [6.07, 6.45) is 4.96. The minimum Gasteiger partial charge on any atom is -0.360 e. The molecule has 0 spiro atoms. The van der Waals surface area contributed by atoms with Gasteiger partial charge in [-0.25, -0.2) is 0 Å². The van der Waals surface area contributed by atoms with Crippen molar-refractivity contribution in [1.82, 2.24) is 15.1 Å². The van der Waals surface area contributed by atoms with Gasteiger partial charge in [0.05, 0.1) is 12.6 Å². The Morgan fingerprint density at radius 3 is 3.12 bits per heavy atom. The zero-order chi connectivity index (χ0) is 12.3. The summed E-state index contributed by atoms with van der Waals surface area (Å²) in [5.74, 6) is 1.15. The molecule has 5 heteroatoms. The van der Waals surface area contributed by atoms with Crippen LogP contribution in [0.5, 0.6) is 0 Å². The van der Waals surface area contributed by atoms with Crippen LogP contribution in [-0.4, -0.2) is 32.3 Å². The third-order valence-corrected chi connectivity index (χ3v) is 3.65. The van der Waals surface area contributed by atoms with Crippen molar-refractivity contribution < 1.29 is 0 Å². The van der Waals surface area contributed by atoms with Crippen molar-refractivity contribution in [3.05, 3.63) is 18.5 Å². The number of thioether (sulfide) groups is 1. The molecule has 1 unspecified atom stereocenters. The first-order valence-corrected chi connectivity index (χ1v) is 7.00. The molecule has 1 aromatic heterocycles. The first-order valence-electron chi connectivity index (χ1n) is 6.01. The summed E-state index contributed by atoms with van der Waals surface area (Å²) in [4.78, 5) is 4.71. The molecule has 1 N–H and O–H groups in total. The summed E-state index contributed by atoms with van der Waals surface area (Å²) >= 11 is 1.82. The summed E-state index contributed by atoms with van der Waals surface area (Å²) < 4.78 is 1.92. The predicted molar refractivity (Wildman–Crippen MR) is 73.4 cm³/mol. The Bertz CT molecular complexity index is 383. The first-order chi connectivity index (χ1) is 8.05. The maximum Gasteiger partial charge on any atom is 0.157 e. The quantitative estimate of drug-likeness (QED) is 0.896. The summed E-state index contributed by atoms with van der Waals surface area (Å²) in [6, 6.07) is 2.19. The number of aliphatic imine (C=N–C) groups is 1. The van der Waals surface area contributed by atoms with Crippen molar-refractivity contribution in [1.29, 1.82) is 0 Å². The first kappa shape index (κ1) is 12.5. The summed E-state index contributed by atoms with van der Waals surface area (Å²) in [7, 11) is 0. The number of aromatic nitrogens is 2. The molecule has 2 heterocycles. The Morgan fingerprint density at radius 2 is 2.47 bits per heavy atom. The van der Waals surface area contributed by atoms with E-state index in [1.165, 1.54) is 6.42 Å². The molecule has 2 rings (SSSR count). The van der Waals surface area contributed by atoms with Crippen molar-refractivity contribution in [3.8, 4) is 0 Å². The average Bonchev–Trinajstić information content (AvgIpc) is 2.68. The Hall–Kier alpha value is -0.970. The highest BCUT2D eigenvalue weighted by molar-refractivity contribution is 8.13. The lowest BCUT2D eigenvalue weighted by atomic mass is 10.0. The molecule has 0 aromatic carbocycles. The van der Waals surface area contributed by atoms with E-state index in [0.717, 1.165) is 17.5 Å². The summed E-state index contributed by atoms with van der Waals surface area (Å²) in [5.41, 5.74) is 0.176. The molecule has 4 nitrogen and oxygen atoms in total. The van der Waals surface area contributed by atoms with E-state index in [0.29, 0.717) is 0 Å². The van der Waals surface area contributed by atoms with E-state index in [9.17, 15) is 0 Å². The fourth-order valence-corrected chi connectivity index (χ4v) is 3.19. The molecule has 1 aliphatic rings. The second-order valence-corrected chi connectivity index (χ2v) is 6.20. The van der Waals surface area contributed by atoms with Gasteiger partial charge in [0.2, 0.25) is 0 Å². The van der Waals surface area contributed by atoms with Crippen LogP contribution in [0, 0.1) is 0 Å². The molecule has 0 saturated carbocycles. The van der Waals surface area contributed by atoms with Gasteiger partial charge in [0.15, 0.2) is 5.17 Å². The molecule has 0 aliphatic carbocycles. The predicted octanol–water partition coefficient (Wildman–Crippen LogP) is 2.13. The molecule has 0 bridgehead atoms. The van der Waals surface area contributed by atoms with Crippen molar-refractivity contribution in [2.24, 2.45) is 4.99 Å². The number of hydrogen-bond donors (Lipinski definition) is 1. The molecule has 1 fully saturated rings. The van der Waals surface area contributed by atoms with E-state index in [-0.39, 0.29) is 11.6 Å².